The molecule has 0 radical (unpaired) electrons. The minimum absolute atomic E-state index is 0.187. The number of likely N-dealkylation sites (N-methyl/N-ethyl adjacent to an activating group) is 1. The summed E-state index contributed by atoms with van der Waals surface area (Å²) < 4.78 is 26.4. The Labute approximate surface area is 149 Å². The van der Waals surface area contributed by atoms with Crippen LogP contribution in [0.3, 0.4) is 0 Å². The topological polar surface area (TPSA) is 53.2 Å². The zero-order chi connectivity index (χ0) is 17.7. The molecule has 0 aliphatic heterocycles. The van der Waals surface area contributed by atoms with Gasteiger partial charge in [0.25, 0.3) is 0 Å². The van der Waals surface area contributed by atoms with Crippen LogP contribution in [0.2, 0.25) is 0 Å². The number of benzene rings is 2. The highest BCUT2D eigenvalue weighted by molar-refractivity contribution is 7.89. The minimum atomic E-state index is -3.21. The standard InChI is InChI=1S/C20H24N2O2S/c1-22(14-13-18-16-21-20-12-6-5-11-19(18)20)25(23,24)15-7-10-17-8-3-2-4-9-17/h2-6,8-9,11-12,16,21H,7,10,13-15H2,1H3. The first-order valence-electron chi connectivity index (χ1n) is 8.59. The van der Waals surface area contributed by atoms with E-state index in [-0.39, 0.29) is 5.75 Å². The van der Waals surface area contributed by atoms with Crippen LogP contribution in [-0.2, 0) is 22.9 Å². The Morgan fingerprint density at radius 3 is 2.48 bits per heavy atom. The molecule has 3 rings (SSSR count). The highest BCUT2D eigenvalue weighted by Gasteiger charge is 2.17. The Hall–Kier alpha value is -2.11. The van der Waals surface area contributed by atoms with Gasteiger partial charge in [-0.2, -0.15) is 0 Å². The lowest BCUT2D eigenvalue weighted by Crippen LogP contribution is -2.31. The first-order chi connectivity index (χ1) is 12.1. The smallest absolute Gasteiger partial charge is 0.213 e. The van der Waals surface area contributed by atoms with E-state index in [1.807, 2.05) is 54.7 Å². The minimum Gasteiger partial charge on any atom is -0.361 e. The fourth-order valence-corrected chi connectivity index (χ4v) is 4.20. The van der Waals surface area contributed by atoms with E-state index in [2.05, 4.69) is 11.1 Å². The van der Waals surface area contributed by atoms with Crippen molar-refractivity contribution in [3.05, 3.63) is 71.9 Å². The molecule has 0 fully saturated rings. The van der Waals surface area contributed by atoms with Crippen LogP contribution in [0.5, 0.6) is 0 Å². The zero-order valence-electron chi connectivity index (χ0n) is 14.5. The van der Waals surface area contributed by atoms with E-state index in [9.17, 15) is 8.42 Å². The van der Waals surface area contributed by atoms with Crippen LogP contribution < -0.4 is 0 Å². The molecule has 0 aliphatic rings. The van der Waals surface area contributed by atoms with E-state index in [4.69, 9.17) is 0 Å². The second-order valence-electron chi connectivity index (χ2n) is 6.34. The fourth-order valence-electron chi connectivity index (χ4n) is 3.01. The third-order valence-electron chi connectivity index (χ3n) is 4.56. The molecule has 4 nitrogen and oxygen atoms in total. The number of para-hydroxylation sites is 1. The van der Waals surface area contributed by atoms with Crippen molar-refractivity contribution in [2.75, 3.05) is 19.3 Å². The van der Waals surface area contributed by atoms with Crippen LogP contribution in [0.25, 0.3) is 10.9 Å². The quantitative estimate of drug-likeness (QED) is 0.670. The molecule has 0 saturated carbocycles. The third kappa shape index (κ3) is 4.50. The predicted octanol–water partition coefficient (Wildman–Crippen LogP) is 3.60. The number of rotatable bonds is 8. The molecule has 3 aromatic rings. The maximum absolute atomic E-state index is 12.5. The second kappa shape index (κ2) is 7.85. The van der Waals surface area contributed by atoms with Crippen LogP contribution >= 0.6 is 0 Å². The van der Waals surface area contributed by atoms with Crippen molar-refractivity contribution >= 4 is 20.9 Å². The Balaban J connectivity index is 1.53. The highest BCUT2D eigenvalue weighted by atomic mass is 32.2. The number of H-pyrrole nitrogens is 1. The number of hydrogen-bond donors (Lipinski definition) is 1. The SMILES string of the molecule is CN(CCc1c[nH]c2ccccc12)S(=O)(=O)CCCc1ccccc1. The monoisotopic (exact) mass is 356 g/mol. The summed E-state index contributed by atoms with van der Waals surface area (Å²) in [6.45, 7) is 0.496. The number of nitrogens with zero attached hydrogens (tertiary/aromatic N) is 1. The molecule has 25 heavy (non-hydrogen) atoms. The molecule has 0 saturated heterocycles. The summed E-state index contributed by atoms with van der Waals surface area (Å²) in [6.07, 6.45) is 4.11. The normalized spacial score (nSPS) is 12.1. The van der Waals surface area contributed by atoms with Crippen LogP contribution in [0.4, 0.5) is 0 Å². The molecule has 2 aromatic carbocycles. The lowest BCUT2D eigenvalue weighted by molar-refractivity contribution is 0.471. The van der Waals surface area contributed by atoms with Crippen molar-refractivity contribution in [3.63, 3.8) is 0 Å². The van der Waals surface area contributed by atoms with E-state index < -0.39 is 10.0 Å². The van der Waals surface area contributed by atoms with E-state index >= 15 is 0 Å². The fraction of sp³-hybridized carbons (Fsp3) is 0.300. The summed E-state index contributed by atoms with van der Waals surface area (Å²) in [5, 5.41) is 1.16. The number of nitrogens with one attached hydrogen (secondary N) is 1. The number of aryl methyl sites for hydroxylation is 1. The molecule has 0 amide bonds. The van der Waals surface area contributed by atoms with Crippen molar-refractivity contribution in [1.82, 2.24) is 9.29 Å². The van der Waals surface area contributed by atoms with Gasteiger partial charge in [0, 0.05) is 30.7 Å². The summed E-state index contributed by atoms with van der Waals surface area (Å²) >= 11 is 0. The molecule has 132 valence electrons. The van der Waals surface area contributed by atoms with Crippen LogP contribution in [0.1, 0.15) is 17.5 Å². The van der Waals surface area contributed by atoms with Gasteiger partial charge in [-0.05, 0) is 36.5 Å². The van der Waals surface area contributed by atoms with Gasteiger partial charge in [0.1, 0.15) is 0 Å². The molecule has 1 aromatic heterocycles. The van der Waals surface area contributed by atoms with Gasteiger partial charge in [-0.3, -0.25) is 0 Å². The maximum atomic E-state index is 12.5. The van der Waals surface area contributed by atoms with Gasteiger partial charge in [-0.1, -0.05) is 48.5 Å². The number of sulfonamides is 1. The molecule has 5 heteroatoms. The number of fused-ring (bicyclic) bond motifs is 1. The van der Waals surface area contributed by atoms with Gasteiger partial charge in [0.15, 0.2) is 0 Å². The van der Waals surface area contributed by atoms with E-state index in [0.717, 1.165) is 22.9 Å². The second-order valence-corrected chi connectivity index (χ2v) is 8.53. The molecular formula is C20H24N2O2S. The predicted molar refractivity (Wildman–Crippen MR) is 103 cm³/mol. The van der Waals surface area contributed by atoms with Gasteiger partial charge in [-0.25, -0.2) is 12.7 Å². The van der Waals surface area contributed by atoms with Crippen LogP contribution in [0.15, 0.2) is 60.8 Å². The Bertz CT molecular complexity index is 917. The van der Waals surface area contributed by atoms with E-state index in [0.29, 0.717) is 19.4 Å². The highest BCUT2D eigenvalue weighted by Crippen LogP contribution is 2.18. The van der Waals surface area contributed by atoms with Gasteiger partial charge >= 0.3 is 0 Å². The van der Waals surface area contributed by atoms with E-state index in [1.54, 1.807) is 7.05 Å². The summed E-state index contributed by atoms with van der Waals surface area (Å²) in [6, 6.07) is 18.1. The van der Waals surface area contributed by atoms with Crippen molar-refractivity contribution in [3.8, 4) is 0 Å². The van der Waals surface area contributed by atoms with Crippen molar-refractivity contribution in [1.29, 1.82) is 0 Å². The van der Waals surface area contributed by atoms with Crippen LogP contribution in [0, 0.1) is 0 Å². The Morgan fingerprint density at radius 1 is 0.960 bits per heavy atom. The van der Waals surface area contributed by atoms with Gasteiger partial charge in [-0.15, -0.1) is 0 Å². The van der Waals surface area contributed by atoms with Crippen molar-refractivity contribution in [2.45, 2.75) is 19.3 Å². The first kappa shape index (κ1) is 17.7. The molecule has 0 atom stereocenters. The Morgan fingerprint density at radius 2 is 1.68 bits per heavy atom. The van der Waals surface area contributed by atoms with Gasteiger partial charge in [0.05, 0.1) is 5.75 Å². The maximum Gasteiger partial charge on any atom is 0.213 e. The number of aromatic amines is 1. The zero-order valence-corrected chi connectivity index (χ0v) is 15.3. The van der Waals surface area contributed by atoms with Gasteiger partial charge in [0.2, 0.25) is 10.0 Å². The molecule has 0 unspecified atom stereocenters. The molecule has 1 heterocycles. The lowest BCUT2D eigenvalue weighted by Gasteiger charge is -2.17. The van der Waals surface area contributed by atoms with E-state index in [1.165, 1.54) is 9.87 Å². The molecule has 1 N–H and O–H groups in total. The molecule has 0 aliphatic carbocycles. The molecular weight excluding hydrogens is 332 g/mol. The summed E-state index contributed by atoms with van der Waals surface area (Å²) in [5.74, 6) is 0.187. The summed E-state index contributed by atoms with van der Waals surface area (Å²) in [5.41, 5.74) is 3.42. The number of aromatic nitrogens is 1. The Kier molecular flexibility index (Phi) is 5.56. The summed E-state index contributed by atoms with van der Waals surface area (Å²) in [7, 11) is -1.54. The number of hydrogen-bond acceptors (Lipinski definition) is 2. The average molecular weight is 356 g/mol. The largest absolute Gasteiger partial charge is 0.361 e. The summed E-state index contributed by atoms with van der Waals surface area (Å²) in [4.78, 5) is 3.24. The van der Waals surface area contributed by atoms with Crippen LogP contribution in [-0.4, -0.2) is 37.1 Å². The van der Waals surface area contributed by atoms with Gasteiger partial charge < -0.3 is 4.98 Å². The first-order valence-corrected chi connectivity index (χ1v) is 10.2. The molecule has 0 spiro atoms. The van der Waals surface area contributed by atoms with Crippen molar-refractivity contribution in [2.24, 2.45) is 0 Å². The van der Waals surface area contributed by atoms with Crippen molar-refractivity contribution < 1.29 is 8.42 Å². The molecule has 0 bridgehead atoms. The average Bonchev–Trinajstić information content (AvgIpc) is 3.03. The third-order valence-corrected chi connectivity index (χ3v) is 6.49. The lowest BCUT2D eigenvalue weighted by atomic mass is 10.1.